The van der Waals surface area contributed by atoms with E-state index in [-0.39, 0.29) is 29.7 Å². The highest BCUT2D eigenvalue weighted by Crippen LogP contribution is 2.24. The van der Waals surface area contributed by atoms with Gasteiger partial charge in [0.1, 0.15) is 5.82 Å². The third-order valence-corrected chi connectivity index (χ3v) is 6.28. The van der Waals surface area contributed by atoms with Gasteiger partial charge in [-0.2, -0.15) is 5.10 Å². The predicted molar refractivity (Wildman–Crippen MR) is 115 cm³/mol. The molecule has 0 unspecified atom stereocenters. The van der Waals surface area contributed by atoms with E-state index in [0.29, 0.717) is 18.8 Å². The van der Waals surface area contributed by atoms with Crippen LogP contribution in [-0.4, -0.2) is 62.1 Å². The van der Waals surface area contributed by atoms with Crippen molar-refractivity contribution in [1.82, 2.24) is 20.0 Å². The van der Waals surface area contributed by atoms with E-state index in [2.05, 4.69) is 26.1 Å². The van der Waals surface area contributed by atoms with E-state index in [4.69, 9.17) is 0 Å². The van der Waals surface area contributed by atoms with Gasteiger partial charge >= 0.3 is 0 Å². The van der Waals surface area contributed by atoms with Gasteiger partial charge in [-0.25, -0.2) is 12.8 Å². The lowest BCUT2D eigenvalue weighted by Crippen LogP contribution is -2.46. The van der Waals surface area contributed by atoms with Crippen molar-refractivity contribution in [3.63, 3.8) is 0 Å². The Balaban J connectivity index is 0.00000150. The first-order valence-electron chi connectivity index (χ1n) is 9.13. The summed E-state index contributed by atoms with van der Waals surface area (Å²) in [5.41, 5.74) is 2.76. The van der Waals surface area contributed by atoms with Crippen molar-refractivity contribution in [2.45, 2.75) is 24.5 Å². The smallest absolute Gasteiger partial charge is 0.175 e. The third-order valence-electron chi connectivity index (χ3n) is 5.17. The van der Waals surface area contributed by atoms with E-state index >= 15 is 0 Å². The normalized spacial score (nSPS) is 17.2. The van der Waals surface area contributed by atoms with Gasteiger partial charge in [-0.15, -0.1) is 24.8 Å². The summed E-state index contributed by atoms with van der Waals surface area (Å²) in [4.78, 5) is 4.31. The molecule has 29 heavy (non-hydrogen) atoms. The summed E-state index contributed by atoms with van der Waals surface area (Å²) < 4.78 is 39.6. The molecule has 0 saturated carbocycles. The van der Waals surface area contributed by atoms with Crippen LogP contribution in [-0.2, 0) is 29.5 Å². The van der Waals surface area contributed by atoms with Crippen LogP contribution in [0.15, 0.2) is 29.2 Å². The maximum atomic E-state index is 14.4. The Bertz CT molecular complexity index is 922. The van der Waals surface area contributed by atoms with Crippen LogP contribution in [0.25, 0.3) is 0 Å². The molecule has 1 fully saturated rings. The molecule has 2 aromatic rings. The Labute approximate surface area is 183 Å². The van der Waals surface area contributed by atoms with Crippen LogP contribution < -0.4 is 10.2 Å². The lowest BCUT2D eigenvalue weighted by atomic mass is 10.2. The van der Waals surface area contributed by atoms with Gasteiger partial charge in [0.05, 0.1) is 28.5 Å². The summed E-state index contributed by atoms with van der Waals surface area (Å²) in [5, 5.41) is 8.02. The third kappa shape index (κ3) is 5.40. The second-order valence-electron chi connectivity index (χ2n) is 7.18. The Morgan fingerprint density at radius 2 is 1.83 bits per heavy atom. The molecule has 0 amide bonds. The first kappa shape index (κ1) is 23.9. The Morgan fingerprint density at radius 1 is 1.10 bits per heavy atom. The first-order valence-corrected chi connectivity index (χ1v) is 11.0. The highest BCUT2D eigenvalue weighted by atomic mass is 35.5. The number of fused-ring (bicyclic) bond motifs is 1. The van der Waals surface area contributed by atoms with E-state index in [1.54, 1.807) is 6.07 Å². The Hall–Kier alpha value is -1.39. The van der Waals surface area contributed by atoms with Gasteiger partial charge in [0.25, 0.3) is 0 Å². The Kier molecular flexibility index (Phi) is 7.92. The van der Waals surface area contributed by atoms with Gasteiger partial charge in [0.2, 0.25) is 0 Å². The molecule has 0 spiro atoms. The first-order chi connectivity index (χ1) is 12.9. The zero-order valence-electron chi connectivity index (χ0n) is 16.2. The van der Waals surface area contributed by atoms with Crippen molar-refractivity contribution in [2.75, 3.05) is 43.9 Å². The molecule has 1 aromatic carbocycles. The second kappa shape index (κ2) is 9.61. The van der Waals surface area contributed by atoms with Gasteiger partial charge in [-0.05, 0) is 24.3 Å². The summed E-state index contributed by atoms with van der Waals surface area (Å²) in [6.45, 7) is 6.55. The molecule has 1 aromatic heterocycles. The molecule has 0 aliphatic carbocycles. The molecular weight excluding hydrogens is 440 g/mol. The number of halogens is 3. The molecule has 0 radical (unpaired) electrons. The number of rotatable bonds is 4. The summed E-state index contributed by atoms with van der Waals surface area (Å²) >= 11 is 0. The average Bonchev–Trinajstić information content (AvgIpc) is 3.04. The fraction of sp³-hybridized carbons (Fsp3) is 0.500. The summed E-state index contributed by atoms with van der Waals surface area (Å²) in [5.74, 6) is -0.486. The number of anilines is 1. The number of aromatic nitrogens is 2. The minimum Gasteiger partial charge on any atom is -0.367 e. The maximum absolute atomic E-state index is 14.4. The highest BCUT2D eigenvalue weighted by molar-refractivity contribution is 7.90. The van der Waals surface area contributed by atoms with Gasteiger partial charge < -0.3 is 10.2 Å². The van der Waals surface area contributed by atoms with E-state index in [9.17, 15) is 12.8 Å². The van der Waals surface area contributed by atoms with Crippen LogP contribution in [0.2, 0.25) is 0 Å². The molecular formula is C18H26Cl2FN5O2S. The number of hydrogen-bond donors (Lipinski definition) is 1. The van der Waals surface area contributed by atoms with E-state index in [0.717, 1.165) is 57.3 Å². The maximum Gasteiger partial charge on any atom is 0.175 e. The molecule has 0 atom stereocenters. The number of nitrogens with one attached hydrogen (secondary N) is 1. The van der Waals surface area contributed by atoms with Gasteiger partial charge in [-0.1, -0.05) is 0 Å². The van der Waals surface area contributed by atoms with Crippen LogP contribution in [0.1, 0.15) is 11.4 Å². The molecule has 3 heterocycles. The van der Waals surface area contributed by atoms with Crippen molar-refractivity contribution in [3.05, 3.63) is 41.5 Å². The SMILES string of the molecule is CS(=O)(=O)c1ccc(N2CCN(Cc3cc4n(n3)CCNC4)CC2)c(F)c1.Cl.Cl. The van der Waals surface area contributed by atoms with Gasteiger partial charge in [-0.3, -0.25) is 9.58 Å². The van der Waals surface area contributed by atoms with Crippen molar-refractivity contribution in [2.24, 2.45) is 0 Å². The topological polar surface area (TPSA) is 70.5 Å². The molecule has 1 N–H and O–H groups in total. The molecule has 2 aliphatic heterocycles. The molecule has 162 valence electrons. The van der Waals surface area contributed by atoms with E-state index in [1.165, 1.54) is 11.8 Å². The number of sulfone groups is 1. The predicted octanol–water partition coefficient (Wildman–Crippen LogP) is 1.69. The van der Waals surface area contributed by atoms with Gasteiger partial charge in [0.15, 0.2) is 9.84 Å². The molecule has 4 rings (SSSR count). The lowest BCUT2D eigenvalue weighted by molar-refractivity contribution is 0.245. The van der Waals surface area contributed by atoms with Crippen LogP contribution in [0.5, 0.6) is 0 Å². The standard InChI is InChI=1S/C18H24FN5O2S.2ClH/c1-27(25,26)16-2-3-18(17(19)11-16)23-8-6-22(7-9-23)13-14-10-15-12-20-4-5-24(15)21-14;;/h2-3,10-11,20H,4-9,12-13H2,1H3;2*1H. The molecule has 11 heteroatoms. The quantitative estimate of drug-likeness (QED) is 0.740. The van der Waals surface area contributed by atoms with Crippen LogP contribution in [0.4, 0.5) is 10.1 Å². The van der Waals surface area contributed by atoms with Crippen LogP contribution in [0.3, 0.4) is 0 Å². The zero-order chi connectivity index (χ0) is 19.0. The number of piperazine rings is 1. The van der Waals surface area contributed by atoms with E-state index in [1.807, 2.05) is 4.90 Å². The summed E-state index contributed by atoms with van der Waals surface area (Å²) in [7, 11) is -3.40. The number of benzene rings is 1. The van der Waals surface area contributed by atoms with Crippen molar-refractivity contribution in [1.29, 1.82) is 0 Å². The van der Waals surface area contributed by atoms with Gasteiger partial charge in [0, 0.05) is 52.1 Å². The monoisotopic (exact) mass is 465 g/mol. The average molecular weight is 466 g/mol. The molecule has 2 aliphatic rings. The lowest BCUT2D eigenvalue weighted by Gasteiger charge is -2.36. The fourth-order valence-electron chi connectivity index (χ4n) is 3.68. The number of nitrogens with zero attached hydrogens (tertiary/aromatic N) is 4. The molecule has 1 saturated heterocycles. The highest BCUT2D eigenvalue weighted by Gasteiger charge is 2.22. The van der Waals surface area contributed by atoms with Crippen molar-refractivity contribution >= 4 is 40.3 Å². The number of hydrogen-bond acceptors (Lipinski definition) is 6. The van der Waals surface area contributed by atoms with Crippen LogP contribution >= 0.6 is 24.8 Å². The minimum atomic E-state index is -3.40. The molecule has 7 nitrogen and oxygen atoms in total. The van der Waals surface area contributed by atoms with Crippen molar-refractivity contribution in [3.8, 4) is 0 Å². The summed E-state index contributed by atoms with van der Waals surface area (Å²) in [6, 6.07) is 6.31. The van der Waals surface area contributed by atoms with Crippen molar-refractivity contribution < 1.29 is 12.8 Å². The van der Waals surface area contributed by atoms with Crippen LogP contribution in [0, 0.1) is 5.82 Å². The zero-order valence-corrected chi connectivity index (χ0v) is 18.6. The largest absolute Gasteiger partial charge is 0.367 e. The fourth-order valence-corrected chi connectivity index (χ4v) is 4.31. The minimum absolute atomic E-state index is 0. The second-order valence-corrected chi connectivity index (χ2v) is 9.19. The van der Waals surface area contributed by atoms with E-state index < -0.39 is 15.7 Å². The summed E-state index contributed by atoms with van der Waals surface area (Å²) in [6.07, 6.45) is 1.09. The Morgan fingerprint density at radius 3 is 2.45 bits per heavy atom. The molecule has 0 bridgehead atoms.